The summed E-state index contributed by atoms with van der Waals surface area (Å²) in [6, 6.07) is 31.2. The molecule has 0 saturated heterocycles. The van der Waals surface area contributed by atoms with Gasteiger partial charge in [-0.1, -0.05) is 275 Å². The summed E-state index contributed by atoms with van der Waals surface area (Å²) in [5.41, 5.74) is 32.0. The molecular formula is C98H132. The maximum atomic E-state index is 4.98. The van der Waals surface area contributed by atoms with Gasteiger partial charge in [0.2, 0.25) is 0 Å². The van der Waals surface area contributed by atoms with Crippen LogP contribution in [-0.4, -0.2) is 0 Å². The fourth-order valence-corrected chi connectivity index (χ4v) is 22.8. The van der Waals surface area contributed by atoms with Gasteiger partial charge in [-0.05, 0) is 311 Å². The lowest BCUT2D eigenvalue weighted by Crippen LogP contribution is -2.59. The lowest BCUT2D eigenvalue weighted by molar-refractivity contribution is -0.196. The number of fused-ring (bicyclic) bond motifs is 2. The monoisotopic (exact) mass is 1310 g/mol. The summed E-state index contributed by atoms with van der Waals surface area (Å²) >= 11 is 0. The topological polar surface area (TPSA) is 0 Å². The number of rotatable bonds is 33. The van der Waals surface area contributed by atoms with E-state index in [1.54, 1.807) is 22.3 Å². The van der Waals surface area contributed by atoms with E-state index in [2.05, 4.69) is 213 Å². The van der Waals surface area contributed by atoms with Crippen molar-refractivity contribution in [3.8, 4) is 0 Å². The van der Waals surface area contributed by atoms with Crippen molar-refractivity contribution in [3.05, 3.63) is 243 Å². The summed E-state index contributed by atoms with van der Waals surface area (Å²) in [6.07, 6.45) is 42.9. The van der Waals surface area contributed by atoms with Gasteiger partial charge in [0.05, 0.1) is 0 Å². The van der Waals surface area contributed by atoms with Gasteiger partial charge in [-0.25, -0.2) is 0 Å². The highest BCUT2D eigenvalue weighted by Gasteiger charge is 2.65. The van der Waals surface area contributed by atoms with Crippen LogP contribution in [0.15, 0.2) is 182 Å². The molecule has 4 aromatic rings. The van der Waals surface area contributed by atoms with Gasteiger partial charge < -0.3 is 0 Å². The summed E-state index contributed by atoms with van der Waals surface area (Å²) in [7, 11) is 0. The summed E-state index contributed by atoms with van der Waals surface area (Å²) < 4.78 is 0. The third-order valence-electron chi connectivity index (χ3n) is 27.5. The minimum atomic E-state index is -0.0473. The number of benzene rings is 4. The van der Waals surface area contributed by atoms with Crippen LogP contribution < -0.4 is 0 Å². The van der Waals surface area contributed by atoms with Crippen LogP contribution in [0.5, 0.6) is 0 Å². The minimum Gasteiger partial charge on any atom is -0.100 e. The number of hydrogen-bond acceptors (Lipinski definition) is 0. The Morgan fingerprint density at radius 3 is 2.10 bits per heavy atom. The molecule has 8 aliphatic rings. The highest BCUT2D eigenvalue weighted by atomic mass is 14.7. The molecule has 12 rings (SSSR count). The number of unbranched alkanes of at least 4 members (excludes halogenated alkanes) is 3. The Bertz CT molecular complexity index is 3780. The minimum absolute atomic E-state index is 0.0215. The molecule has 6 unspecified atom stereocenters. The molecule has 5 saturated carbocycles. The second-order valence-electron chi connectivity index (χ2n) is 37.5. The van der Waals surface area contributed by atoms with Gasteiger partial charge in [-0.3, -0.25) is 0 Å². The molecule has 4 bridgehead atoms. The fourth-order valence-electron chi connectivity index (χ4n) is 22.8. The van der Waals surface area contributed by atoms with Gasteiger partial charge in [-0.15, -0.1) is 6.58 Å². The lowest BCUT2D eigenvalue weighted by Gasteiger charge is -2.70. The van der Waals surface area contributed by atoms with Crippen molar-refractivity contribution in [2.24, 2.45) is 61.6 Å². The first-order valence-corrected chi connectivity index (χ1v) is 39.5. The Balaban J connectivity index is 0.698. The largest absolute Gasteiger partial charge is 0.100 e. The Morgan fingerprint density at radius 1 is 0.714 bits per heavy atom. The van der Waals surface area contributed by atoms with Crippen LogP contribution in [-0.2, 0) is 32.1 Å². The van der Waals surface area contributed by atoms with Gasteiger partial charge in [0.15, 0.2) is 0 Å². The standard InChI is InChI=1S/C98H132/c1-66(2)30-26-27-48-95(19,57-73(11)96(20,68(5)6)56-69(7)31-22-21-23-34-85-71(9)50-70(8)74(85)12)72(10)51-77-37-39-78(40-38-77)58-92(15,16)47-29-49-97-61-93(17)60-94(18,62-97)64-98(63-93,65-97)59-84-43-44-87(76(84)14)90-46-42-83(55-91(90)67(3)4)88-36-28-35-86-75(13)80(41-45-89(86)88)52-79-53-81-32-24-25-33-82(81)54-79/h24-25,32-33,37-46,53,55,68,70,84-85,88H,1,3,7,9-12,21-23,26-31,34-36,47-52,54,56-65H2,2,4-6,8,13-20H3/t70?,84?,85?,88?,93-,94+,95-,96+,97?,98?/m1/s1. The Kier molecular flexibility index (Phi) is 22.0. The molecule has 0 amide bonds. The predicted octanol–water partition coefficient (Wildman–Crippen LogP) is 28.3. The normalized spacial score (nSPS) is 26.7. The van der Waals surface area contributed by atoms with E-state index in [4.69, 9.17) is 19.7 Å². The molecule has 0 radical (unpaired) electrons. The zero-order valence-electron chi connectivity index (χ0n) is 64.6. The highest BCUT2D eigenvalue weighted by Crippen LogP contribution is 2.76. The Morgan fingerprint density at radius 2 is 1.42 bits per heavy atom. The van der Waals surface area contributed by atoms with E-state index in [9.17, 15) is 0 Å². The van der Waals surface area contributed by atoms with Crippen LogP contribution in [0.25, 0.3) is 17.2 Å². The van der Waals surface area contributed by atoms with E-state index < -0.39 is 0 Å². The first-order chi connectivity index (χ1) is 46.3. The SMILES string of the molecule is C=C(C)CCCC[C@](C)(CC(=C)[C@@](C)(CC(=C)CCCCCC1C(=C)CC(C)C1=C)C(C)C)C(=C)Cc1ccc(CC(C)(C)CCCC23CC4(CC5C=CC(c6ccc(C7CCCc8c7ccc(CC7=Cc9ccccc9C7)c8C)cc6C(=C)C)=C5C)C[C@](C)(C2)C[C@](C)(C3)C4)cc1. The first-order valence-electron chi connectivity index (χ1n) is 39.5. The van der Waals surface area contributed by atoms with Crippen molar-refractivity contribution in [1.82, 2.24) is 0 Å². The van der Waals surface area contributed by atoms with Crippen LogP contribution in [0.2, 0.25) is 0 Å². The smallest absolute Gasteiger partial charge is 0.00925 e. The molecule has 10 atom stereocenters. The third-order valence-corrected chi connectivity index (χ3v) is 27.5. The first kappa shape index (κ1) is 73.5. The third kappa shape index (κ3) is 16.3. The molecule has 0 spiro atoms. The fraction of sp³-hybridized carbons (Fsp3) is 0.551. The van der Waals surface area contributed by atoms with Crippen LogP contribution in [0.4, 0.5) is 0 Å². The van der Waals surface area contributed by atoms with Crippen LogP contribution >= 0.6 is 0 Å². The molecular weight excluding hydrogens is 1180 g/mol. The molecule has 0 heterocycles. The summed E-state index contributed by atoms with van der Waals surface area (Å²) in [5, 5.41) is 0. The molecule has 0 N–H and O–H groups in total. The van der Waals surface area contributed by atoms with E-state index in [0.29, 0.717) is 51.2 Å². The Hall–Kier alpha value is -5.72. The van der Waals surface area contributed by atoms with Gasteiger partial charge in [0, 0.05) is 11.8 Å². The van der Waals surface area contributed by atoms with Crippen molar-refractivity contribution in [1.29, 1.82) is 0 Å². The average Bonchev–Trinajstić information content (AvgIpc) is 0.730. The Labute approximate surface area is 600 Å². The number of hydrogen-bond donors (Lipinski definition) is 0. The molecule has 5 fully saturated rings. The number of allylic oxidation sites excluding steroid dienone is 12. The maximum Gasteiger partial charge on any atom is 0.00925 e. The summed E-state index contributed by atoms with van der Waals surface area (Å²) in [6.45, 7) is 64.4. The molecule has 4 aromatic carbocycles. The van der Waals surface area contributed by atoms with Crippen molar-refractivity contribution < 1.29 is 0 Å². The maximum absolute atomic E-state index is 4.98. The van der Waals surface area contributed by atoms with Crippen molar-refractivity contribution in [2.75, 3.05) is 0 Å². The second-order valence-corrected chi connectivity index (χ2v) is 37.5. The van der Waals surface area contributed by atoms with E-state index >= 15 is 0 Å². The highest BCUT2D eigenvalue weighted by molar-refractivity contribution is 5.87. The van der Waals surface area contributed by atoms with E-state index in [1.165, 1.54) is 217 Å². The van der Waals surface area contributed by atoms with E-state index in [1.807, 2.05) is 0 Å². The van der Waals surface area contributed by atoms with Gasteiger partial charge in [0.1, 0.15) is 0 Å². The zero-order valence-corrected chi connectivity index (χ0v) is 64.6. The van der Waals surface area contributed by atoms with Crippen LogP contribution in [0.1, 0.15) is 304 Å². The van der Waals surface area contributed by atoms with E-state index in [0.717, 1.165) is 64.2 Å². The predicted molar refractivity (Wildman–Crippen MR) is 429 cm³/mol. The van der Waals surface area contributed by atoms with Crippen LogP contribution in [0, 0.1) is 68.5 Å². The summed E-state index contributed by atoms with van der Waals surface area (Å²) in [5.74, 6) is 2.50. The molecule has 0 heteroatoms. The van der Waals surface area contributed by atoms with E-state index in [-0.39, 0.29) is 16.2 Å². The second kappa shape index (κ2) is 29.3. The van der Waals surface area contributed by atoms with Gasteiger partial charge in [-0.2, -0.15) is 0 Å². The van der Waals surface area contributed by atoms with Gasteiger partial charge in [0.25, 0.3) is 0 Å². The van der Waals surface area contributed by atoms with Gasteiger partial charge >= 0.3 is 0 Å². The molecule has 98 heavy (non-hydrogen) atoms. The lowest BCUT2D eigenvalue weighted by atomic mass is 9.34. The summed E-state index contributed by atoms with van der Waals surface area (Å²) in [4.78, 5) is 0. The van der Waals surface area contributed by atoms with Crippen molar-refractivity contribution in [2.45, 2.75) is 282 Å². The average molecular weight is 1310 g/mol. The molecule has 524 valence electrons. The van der Waals surface area contributed by atoms with Crippen molar-refractivity contribution in [3.63, 3.8) is 0 Å². The zero-order chi connectivity index (χ0) is 70.3. The van der Waals surface area contributed by atoms with Crippen molar-refractivity contribution >= 4 is 17.2 Å². The molecule has 0 aliphatic heterocycles. The molecule has 0 aromatic heterocycles. The van der Waals surface area contributed by atoms with Crippen LogP contribution in [0.3, 0.4) is 0 Å². The molecule has 0 nitrogen and oxygen atoms in total. The molecule has 8 aliphatic carbocycles. The quantitative estimate of drug-likeness (QED) is 0.0329.